The van der Waals surface area contributed by atoms with E-state index in [-0.39, 0.29) is 0 Å². The number of hydrogen-bond donors (Lipinski definition) is 2. The molecule has 0 unspecified atom stereocenters. The topological polar surface area (TPSA) is 40.7 Å². The van der Waals surface area contributed by atoms with Gasteiger partial charge < -0.3 is 5.32 Å². The number of hydrogen-bond acceptors (Lipinski definition) is 2. The van der Waals surface area contributed by atoms with Gasteiger partial charge in [-0.2, -0.15) is 5.10 Å². The summed E-state index contributed by atoms with van der Waals surface area (Å²) in [5.74, 6) is 0.766. The predicted molar refractivity (Wildman–Crippen MR) is 86.5 cm³/mol. The number of halogens is 2. The normalized spacial score (nSPS) is 10.5. The molecule has 3 aromatic rings. The lowest BCUT2D eigenvalue weighted by Gasteiger charge is -2.04. The molecule has 0 aliphatic rings. The largest absolute Gasteiger partial charge is 0.338 e. The summed E-state index contributed by atoms with van der Waals surface area (Å²) in [5.41, 5.74) is 2.96. The maximum absolute atomic E-state index is 5.89. The van der Waals surface area contributed by atoms with E-state index in [9.17, 15) is 0 Å². The molecule has 0 bridgehead atoms. The summed E-state index contributed by atoms with van der Waals surface area (Å²) in [4.78, 5) is 0. The Kier molecular flexibility index (Phi) is 3.76. The Morgan fingerprint density at radius 3 is 2.55 bits per heavy atom. The number of benzene rings is 2. The van der Waals surface area contributed by atoms with Crippen molar-refractivity contribution in [3.63, 3.8) is 0 Å². The van der Waals surface area contributed by atoms with Gasteiger partial charge in [0.25, 0.3) is 0 Å². The van der Waals surface area contributed by atoms with Gasteiger partial charge in [-0.15, -0.1) is 0 Å². The lowest BCUT2D eigenvalue weighted by Crippen LogP contribution is -1.90. The van der Waals surface area contributed by atoms with Crippen LogP contribution in [0, 0.1) is 0 Å². The van der Waals surface area contributed by atoms with Crippen LogP contribution in [0.5, 0.6) is 0 Å². The maximum atomic E-state index is 5.89. The van der Waals surface area contributed by atoms with E-state index in [1.165, 1.54) is 0 Å². The second-order valence-corrected chi connectivity index (χ2v) is 5.57. The number of aromatic nitrogens is 2. The van der Waals surface area contributed by atoms with Crippen LogP contribution >= 0.6 is 27.5 Å². The fraction of sp³-hybridized carbons (Fsp3) is 0. The maximum Gasteiger partial charge on any atom is 0.152 e. The summed E-state index contributed by atoms with van der Waals surface area (Å²) in [6, 6.07) is 17.5. The lowest BCUT2D eigenvalue weighted by atomic mass is 10.1. The molecule has 0 aliphatic heterocycles. The van der Waals surface area contributed by atoms with Crippen LogP contribution < -0.4 is 5.32 Å². The van der Waals surface area contributed by atoms with E-state index in [0.29, 0.717) is 0 Å². The van der Waals surface area contributed by atoms with Crippen molar-refractivity contribution in [2.75, 3.05) is 5.32 Å². The Morgan fingerprint density at radius 1 is 1.05 bits per heavy atom. The monoisotopic (exact) mass is 347 g/mol. The third-order valence-electron chi connectivity index (χ3n) is 2.87. The minimum atomic E-state index is 0.722. The number of H-pyrrole nitrogens is 1. The van der Waals surface area contributed by atoms with Gasteiger partial charge in [-0.3, -0.25) is 5.10 Å². The van der Waals surface area contributed by atoms with Crippen LogP contribution in [0.1, 0.15) is 0 Å². The molecule has 0 aliphatic carbocycles. The second-order valence-electron chi connectivity index (χ2n) is 4.28. The lowest BCUT2D eigenvalue weighted by molar-refractivity contribution is 1.10. The minimum absolute atomic E-state index is 0.722. The number of rotatable bonds is 3. The van der Waals surface area contributed by atoms with Crippen LogP contribution in [0.4, 0.5) is 11.5 Å². The van der Waals surface area contributed by atoms with Crippen LogP contribution in [0.25, 0.3) is 11.3 Å². The van der Waals surface area contributed by atoms with Crippen molar-refractivity contribution >= 4 is 39.0 Å². The summed E-state index contributed by atoms with van der Waals surface area (Å²) < 4.78 is 0.996. The number of anilines is 2. The molecule has 0 saturated carbocycles. The third-order valence-corrected chi connectivity index (χ3v) is 3.81. The first kappa shape index (κ1) is 13.2. The Hall–Kier alpha value is -1.78. The number of aromatic amines is 1. The molecule has 0 radical (unpaired) electrons. The van der Waals surface area contributed by atoms with E-state index >= 15 is 0 Å². The van der Waals surface area contributed by atoms with E-state index in [2.05, 4.69) is 31.4 Å². The van der Waals surface area contributed by atoms with Crippen molar-refractivity contribution in [2.45, 2.75) is 0 Å². The zero-order chi connectivity index (χ0) is 13.9. The highest BCUT2D eigenvalue weighted by Crippen LogP contribution is 2.27. The van der Waals surface area contributed by atoms with E-state index in [0.717, 1.165) is 32.3 Å². The van der Waals surface area contributed by atoms with E-state index in [1.54, 1.807) is 0 Å². The zero-order valence-electron chi connectivity index (χ0n) is 10.4. The van der Waals surface area contributed by atoms with Gasteiger partial charge in [-0.1, -0.05) is 35.9 Å². The van der Waals surface area contributed by atoms with Gasteiger partial charge in [0.15, 0.2) is 5.82 Å². The first-order valence-electron chi connectivity index (χ1n) is 6.05. The summed E-state index contributed by atoms with van der Waals surface area (Å²) in [5, 5.41) is 11.3. The van der Waals surface area contributed by atoms with Crippen molar-refractivity contribution in [1.29, 1.82) is 0 Å². The molecule has 3 nitrogen and oxygen atoms in total. The average molecular weight is 349 g/mol. The van der Waals surface area contributed by atoms with Crippen molar-refractivity contribution in [3.8, 4) is 11.3 Å². The first-order chi connectivity index (χ1) is 9.72. The van der Waals surface area contributed by atoms with Crippen LogP contribution in [-0.4, -0.2) is 10.2 Å². The SMILES string of the molecule is Clc1ccc(-c2cc(Nc3ccccc3Br)n[nH]2)cc1. The molecule has 3 rings (SSSR count). The van der Waals surface area contributed by atoms with Crippen molar-refractivity contribution in [3.05, 3.63) is 64.1 Å². The highest BCUT2D eigenvalue weighted by atomic mass is 79.9. The fourth-order valence-electron chi connectivity index (χ4n) is 1.86. The molecule has 0 spiro atoms. The van der Waals surface area contributed by atoms with E-state index in [4.69, 9.17) is 11.6 Å². The molecule has 0 saturated heterocycles. The van der Waals surface area contributed by atoms with Gasteiger partial charge in [-0.05, 0) is 45.8 Å². The molecule has 1 heterocycles. The quantitative estimate of drug-likeness (QED) is 0.680. The Morgan fingerprint density at radius 2 is 1.80 bits per heavy atom. The highest BCUT2D eigenvalue weighted by molar-refractivity contribution is 9.10. The first-order valence-corrected chi connectivity index (χ1v) is 7.22. The van der Waals surface area contributed by atoms with Gasteiger partial charge in [0.1, 0.15) is 0 Å². The van der Waals surface area contributed by atoms with Gasteiger partial charge >= 0.3 is 0 Å². The van der Waals surface area contributed by atoms with Crippen LogP contribution in [0.15, 0.2) is 59.1 Å². The second kappa shape index (κ2) is 5.69. The standard InChI is InChI=1S/C15H11BrClN3/c16-12-3-1-2-4-13(12)18-15-9-14(19-20-15)10-5-7-11(17)8-6-10/h1-9H,(H2,18,19,20). The Bertz CT molecular complexity index is 722. The molecule has 100 valence electrons. The van der Waals surface area contributed by atoms with Gasteiger partial charge in [-0.25, -0.2) is 0 Å². The highest BCUT2D eigenvalue weighted by Gasteiger charge is 2.05. The third kappa shape index (κ3) is 2.86. The molecule has 5 heteroatoms. The van der Waals surface area contributed by atoms with Gasteiger partial charge in [0.05, 0.1) is 11.4 Å². The molecule has 1 aromatic heterocycles. The van der Waals surface area contributed by atoms with Crippen LogP contribution in [-0.2, 0) is 0 Å². The van der Waals surface area contributed by atoms with E-state index in [1.807, 2.05) is 54.6 Å². The molecule has 2 aromatic carbocycles. The van der Waals surface area contributed by atoms with Gasteiger partial charge in [0, 0.05) is 15.6 Å². The summed E-state index contributed by atoms with van der Waals surface area (Å²) in [7, 11) is 0. The van der Waals surface area contributed by atoms with Crippen molar-refractivity contribution in [1.82, 2.24) is 10.2 Å². The molecule has 2 N–H and O–H groups in total. The summed E-state index contributed by atoms with van der Waals surface area (Å²) in [6.45, 7) is 0. The predicted octanol–water partition coefficient (Wildman–Crippen LogP) is 5.24. The molecule has 0 fully saturated rings. The Labute approximate surface area is 130 Å². The minimum Gasteiger partial charge on any atom is -0.338 e. The van der Waals surface area contributed by atoms with Crippen LogP contribution in [0.2, 0.25) is 5.02 Å². The number of nitrogens with one attached hydrogen (secondary N) is 2. The zero-order valence-corrected chi connectivity index (χ0v) is 12.7. The summed E-state index contributed by atoms with van der Waals surface area (Å²) >= 11 is 9.38. The molecule has 0 amide bonds. The van der Waals surface area contributed by atoms with Crippen molar-refractivity contribution < 1.29 is 0 Å². The number of para-hydroxylation sites is 1. The number of nitrogens with zero attached hydrogens (tertiary/aromatic N) is 1. The van der Waals surface area contributed by atoms with Crippen LogP contribution in [0.3, 0.4) is 0 Å². The molecular formula is C15H11BrClN3. The summed E-state index contributed by atoms with van der Waals surface area (Å²) in [6.07, 6.45) is 0. The average Bonchev–Trinajstić information content (AvgIpc) is 2.91. The molecule has 20 heavy (non-hydrogen) atoms. The fourth-order valence-corrected chi connectivity index (χ4v) is 2.37. The molecule has 0 atom stereocenters. The molecular weight excluding hydrogens is 338 g/mol. The smallest absolute Gasteiger partial charge is 0.152 e. The Balaban J connectivity index is 1.84. The van der Waals surface area contributed by atoms with Gasteiger partial charge in [0.2, 0.25) is 0 Å². The van der Waals surface area contributed by atoms with E-state index < -0.39 is 0 Å². The van der Waals surface area contributed by atoms with Crippen molar-refractivity contribution in [2.24, 2.45) is 0 Å².